The lowest BCUT2D eigenvalue weighted by Crippen LogP contribution is -2.46. The van der Waals surface area contributed by atoms with Crippen molar-refractivity contribution in [3.63, 3.8) is 0 Å². The second-order valence-electron chi connectivity index (χ2n) is 5.86. The molecule has 5 N–H and O–H groups in total. The Morgan fingerprint density at radius 3 is 2.81 bits per heavy atom. The predicted molar refractivity (Wildman–Crippen MR) is 90.9 cm³/mol. The third-order valence-electron chi connectivity index (χ3n) is 3.86. The molecular formula is C16H22N2O8P+. The number of aromatic nitrogens is 1. The number of carbonyl (C=O) groups is 1. The molecule has 148 valence electrons. The molecular weight excluding hydrogens is 379 g/mol. The van der Waals surface area contributed by atoms with Gasteiger partial charge in [0.15, 0.2) is 18.5 Å². The minimum Gasteiger partial charge on any atom is -0.387 e. The predicted octanol–water partition coefficient (Wildman–Crippen LogP) is -0.761. The van der Waals surface area contributed by atoms with Gasteiger partial charge in [-0.05, 0) is 12.5 Å². The Morgan fingerprint density at radius 2 is 2.15 bits per heavy atom. The monoisotopic (exact) mass is 401 g/mol. The highest BCUT2D eigenvalue weighted by molar-refractivity contribution is 7.47. The lowest BCUT2D eigenvalue weighted by molar-refractivity contribution is -0.765. The average Bonchev–Trinajstić information content (AvgIpc) is 2.92. The molecule has 0 aliphatic carbocycles. The molecule has 0 saturated carbocycles. The Kier molecular flexibility index (Phi) is 7.47. The van der Waals surface area contributed by atoms with Gasteiger partial charge in [-0.3, -0.25) is 13.8 Å². The molecule has 0 radical (unpaired) electrons. The number of carbonyl (C=O) groups excluding carboxylic acids is 1. The fraction of sp³-hybridized carbons (Fsp3) is 0.500. The summed E-state index contributed by atoms with van der Waals surface area (Å²) in [5.41, 5.74) is 5.40. The minimum atomic E-state index is -4.35. The van der Waals surface area contributed by atoms with E-state index in [0.29, 0.717) is 12.8 Å². The maximum Gasteiger partial charge on any atom is 0.472 e. The molecule has 5 atom stereocenters. The van der Waals surface area contributed by atoms with E-state index in [4.69, 9.17) is 25.9 Å². The molecule has 1 aliphatic rings. The van der Waals surface area contributed by atoms with E-state index in [1.54, 1.807) is 0 Å². The molecule has 1 unspecified atom stereocenters. The van der Waals surface area contributed by atoms with Crippen molar-refractivity contribution < 1.29 is 42.8 Å². The van der Waals surface area contributed by atoms with Gasteiger partial charge in [-0.1, -0.05) is 0 Å². The van der Waals surface area contributed by atoms with Gasteiger partial charge in [0.05, 0.1) is 13.2 Å². The van der Waals surface area contributed by atoms with Crippen molar-refractivity contribution in [1.82, 2.24) is 0 Å². The van der Waals surface area contributed by atoms with Gasteiger partial charge in [-0.2, -0.15) is 4.57 Å². The number of hydrogen-bond donors (Lipinski definition) is 4. The summed E-state index contributed by atoms with van der Waals surface area (Å²) < 4.78 is 28.2. The Hall–Kier alpha value is -1.83. The van der Waals surface area contributed by atoms with Crippen LogP contribution in [0.3, 0.4) is 0 Å². The summed E-state index contributed by atoms with van der Waals surface area (Å²) in [4.78, 5) is 20.9. The SMILES string of the molecule is C#CCCCOP(=O)(O)OC[C@H]1O[C@@H]([n+]2cccc(C(N)=O)c2)[C@H](O)[C@@H]1O. The van der Waals surface area contributed by atoms with Crippen LogP contribution in [0.2, 0.25) is 0 Å². The van der Waals surface area contributed by atoms with Gasteiger partial charge < -0.3 is 25.6 Å². The molecule has 1 amide bonds. The van der Waals surface area contributed by atoms with Crippen LogP contribution in [-0.4, -0.2) is 52.5 Å². The Labute approximate surface area is 156 Å². The Bertz CT molecular complexity index is 752. The zero-order valence-corrected chi connectivity index (χ0v) is 15.3. The molecule has 0 spiro atoms. The third kappa shape index (κ3) is 5.82. The zero-order chi connectivity index (χ0) is 20.0. The number of terminal acetylenes is 1. The number of aliphatic hydroxyl groups excluding tert-OH is 2. The van der Waals surface area contributed by atoms with E-state index < -0.39 is 44.9 Å². The second kappa shape index (κ2) is 9.39. The number of aliphatic hydroxyl groups is 2. The van der Waals surface area contributed by atoms with Crippen LogP contribution < -0.4 is 10.3 Å². The fourth-order valence-electron chi connectivity index (χ4n) is 2.47. The maximum atomic E-state index is 11.8. The lowest BCUT2D eigenvalue weighted by atomic mass is 10.1. The molecule has 1 aromatic rings. The fourth-order valence-corrected chi connectivity index (χ4v) is 3.24. The highest BCUT2D eigenvalue weighted by atomic mass is 31.2. The largest absolute Gasteiger partial charge is 0.472 e. The molecule has 27 heavy (non-hydrogen) atoms. The summed E-state index contributed by atoms with van der Waals surface area (Å²) in [7, 11) is -4.35. The Balaban J connectivity index is 1.96. The van der Waals surface area contributed by atoms with Crippen LogP contribution in [0.15, 0.2) is 24.5 Å². The maximum absolute atomic E-state index is 11.8. The number of hydrogen-bond acceptors (Lipinski definition) is 7. The number of nitrogens with zero attached hydrogens (tertiary/aromatic N) is 1. The first-order chi connectivity index (χ1) is 12.7. The van der Waals surface area contributed by atoms with E-state index in [1.165, 1.54) is 29.1 Å². The van der Waals surface area contributed by atoms with Gasteiger partial charge in [0.2, 0.25) is 0 Å². The van der Waals surface area contributed by atoms with Crippen LogP contribution in [0.5, 0.6) is 0 Å². The van der Waals surface area contributed by atoms with Crippen molar-refractivity contribution in [3.05, 3.63) is 30.1 Å². The number of ether oxygens (including phenoxy) is 1. The molecule has 1 saturated heterocycles. The molecule has 0 aromatic carbocycles. The van der Waals surface area contributed by atoms with Gasteiger partial charge in [0, 0.05) is 12.5 Å². The molecule has 11 heteroatoms. The molecule has 0 bridgehead atoms. The van der Waals surface area contributed by atoms with Crippen LogP contribution in [0, 0.1) is 12.3 Å². The van der Waals surface area contributed by atoms with Crippen LogP contribution >= 0.6 is 7.82 Å². The molecule has 2 rings (SSSR count). The molecule has 10 nitrogen and oxygen atoms in total. The highest BCUT2D eigenvalue weighted by Gasteiger charge is 2.49. The summed E-state index contributed by atoms with van der Waals surface area (Å²) in [6.07, 6.45) is 3.84. The first-order valence-electron chi connectivity index (χ1n) is 8.12. The zero-order valence-electron chi connectivity index (χ0n) is 14.4. The number of rotatable bonds is 9. The van der Waals surface area contributed by atoms with Gasteiger partial charge in [-0.15, -0.1) is 12.3 Å². The number of phosphoric acid groups is 1. The normalized spacial score (nSPS) is 27.0. The van der Waals surface area contributed by atoms with Crippen molar-refractivity contribution in [2.45, 2.75) is 37.4 Å². The van der Waals surface area contributed by atoms with E-state index in [2.05, 4.69) is 5.92 Å². The quantitative estimate of drug-likeness (QED) is 0.182. The second-order valence-corrected chi connectivity index (χ2v) is 7.31. The van der Waals surface area contributed by atoms with E-state index in [0.717, 1.165) is 0 Å². The molecule has 1 aromatic heterocycles. The van der Waals surface area contributed by atoms with Crippen LogP contribution in [0.4, 0.5) is 0 Å². The molecule has 2 heterocycles. The van der Waals surface area contributed by atoms with Gasteiger partial charge >= 0.3 is 7.82 Å². The van der Waals surface area contributed by atoms with E-state index >= 15 is 0 Å². The van der Waals surface area contributed by atoms with Crippen molar-refractivity contribution in [1.29, 1.82) is 0 Å². The summed E-state index contributed by atoms with van der Waals surface area (Å²) in [5.74, 6) is 1.70. The average molecular weight is 401 g/mol. The third-order valence-corrected chi connectivity index (χ3v) is 4.84. The smallest absolute Gasteiger partial charge is 0.387 e. The van der Waals surface area contributed by atoms with E-state index in [1.807, 2.05) is 0 Å². The summed E-state index contributed by atoms with van der Waals surface area (Å²) >= 11 is 0. The van der Waals surface area contributed by atoms with Gasteiger partial charge in [0.25, 0.3) is 12.1 Å². The number of nitrogens with two attached hydrogens (primary N) is 1. The van der Waals surface area contributed by atoms with Crippen molar-refractivity contribution in [3.8, 4) is 12.3 Å². The first-order valence-corrected chi connectivity index (χ1v) is 9.62. The van der Waals surface area contributed by atoms with Crippen LogP contribution in [0.1, 0.15) is 29.4 Å². The lowest BCUT2D eigenvalue weighted by Gasteiger charge is -2.16. The standard InChI is InChI=1S/C16H21N2O8P/c1-2-3-4-8-24-27(22,23)25-10-12-13(19)14(20)16(26-12)18-7-5-6-11(9-18)15(17)21/h1,5-7,9,12-14,16,19-20H,3-4,8,10H2,(H2-,17,21,22,23)/p+1/t12-,13-,14-,16-/m1/s1. The summed E-state index contributed by atoms with van der Waals surface area (Å²) in [6, 6.07) is 3.01. The van der Waals surface area contributed by atoms with Gasteiger partial charge in [0.1, 0.15) is 17.8 Å². The molecule has 1 fully saturated rings. The van der Waals surface area contributed by atoms with Crippen molar-refractivity contribution >= 4 is 13.7 Å². The summed E-state index contributed by atoms with van der Waals surface area (Å²) in [5, 5.41) is 20.3. The highest BCUT2D eigenvalue weighted by Crippen LogP contribution is 2.44. The number of amides is 1. The first kappa shape index (κ1) is 21.5. The number of pyridine rings is 1. The van der Waals surface area contributed by atoms with Crippen molar-refractivity contribution in [2.75, 3.05) is 13.2 Å². The van der Waals surface area contributed by atoms with E-state index in [-0.39, 0.29) is 12.2 Å². The number of primary amides is 1. The molecule has 1 aliphatic heterocycles. The van der Waals surface area contributed by atoms with Crippen LogP contribution in [-0.2, 0) is 18.3 Å². The minimum absolute atomic E-state index is 0.0624. The van der Waals surface area contributed by atoms with Crippen LogP contribution in [0.25, 0.3) is 0 Å². The topological polar surface area (TPSA) is 152 Å². The van der Waals surface area contributed by atoms with E-state index in [9.17, 15) is 24.5 Å². The van der Waals surface area contributed by atoms with Gasteiger partial charge in [-0.25, -0.2) is 4.57 Å². The number of phosphoric ester groups is 1. The van der Waals surface area contributed by atoms with Crippen molar-refractivity contribution in [2.24, 2.45) is 5.73 Å². The summed E-state index contributed by atoms with van der Waals surface area (Å²) in [6.45, 7) is -0.555. The number of unbranched alkanes of at least 4 members (excludes halogenated alkanes) is 1. The Morgan fingerprint density at radius 1 is 1.41 bits per heavy atom.